The Labute approximate surface area is 196 Å². The Balaban J connectivity index is 1.67. The van der Waals surface area contributed by atoms with Gasteiger partial charge in [-0.15, -0.1) is 0 Å². The summed E-state index contributed by atoms with van der Waals surface area (Å²) in [7, 11) is 1.55. The Kier molecular flexibility index (Phi) is 6.58. The molecule has 0 aliphatic rings. The molecule has 8 heteroatoms. The summed E-state index contributed by atoms with van der Waals surface area (Å²) >= 11 is 0. The predicted molar refractivity (Wildman–Crippen MR) is 126 cm³/mol. The fraction of sp³-hybridized carbons (Fsp3) is 0.269. The molecule has 0 radical (unpaired) electrons. The maximum atomic E-state index is 13.8. The SMILES string of the molecule is COc1ccc(-c2cc(C(F)F)n3ncc(C(=O)N[C@H](C)c4ccc(C(C)C)cc4)c3n2)cc1. The molecule has 0 fully saturated rings. The smallest absolute Gasteiger partial charge is 0.280 e. The van der Waals surface area contributed by atoms with E-state index in [9.17, 15) is 13.6 Å². The summed E-state index contributed by atoms with van der Waals surface area (Å²) in [5, 5.41) is 6.95. The lowest BCUT2D eigenvalue weighted by molar-refractivity contribution is 0.0941. The highest BCUT2D eigenvalue weighted by Crippen LogP contribution is 2.28. The van der Waals surface area contributed by atoms with Crippen LogP contribution < -0.4 is 10.1 Å². The molecule has 34 heavy (non-hydrogen) atoms. The molecule has 0 bridgehead atoms. The molecule has 1 atom stereocenters. The summed E-state index contributed by atoms with van der Waals surface area (Å²) < 4.78 is 33.8. The first kappa shape index (κ1) is 23.4. The van der Waals surface area contributed by atoms with Crippen LogP contribution in [0.5, 0.6) is 5.75 Å². The highest BCUT2D eigenvalue weighted by Gasteiger charge is 2.22. The lowest BCUT2D eigenvalue weighted by Gasteiger charge is -2.15. The van der Waals surface area contributed by atoms with Gasteiger partial charge in [-0.3, -0.25) is 4.79 Å². The number of halogens is 2. The first-order valence-corrected chi connectivity index (χ1v) is 11.0. The van der Waals surface area contributed by atoms with Gasteiger partial charge in [-0.05, 0) is 54.3 Å². The van der Waals surface area contributed by atoms with Crippen molar-refractivity contribution in [1.82, 2.24) is 19.9 Å². The number of alkyl halides is 2. The molecule has 0 saturated carbocycles. The van der Waals surface area contributed by atoms with Gasteiger partial charge in [0.05, 0.1) is 25.0 Å². The predicted octanol–water partition coefficient (Wildman–Crippen LogP) is 5.96. The molecule has 4 rings (SSSR count). The Morgan fingerprint density at radius 1 is 1.00 bits per heavy atom. The fourth-order valence-electron chi connectivity index (χ4n) is 3.74. The van der Waals surface area contributed by atoms with Crippen LogP contribution in [0.3, 0.4) is 0 Å². The van der Waals surface area contributed by atoms with Crippen LogP contribution in [0, 0.1) is 0 Å². The molecule has 0 saturated heterocycles. The van der Waals surface area contributed by atoms with Crippen molar-refractivity contribution < 1.29 is 18.3 Å². The van der Waals surface area contributed by atoms with Gasteiger partial charge in [0.15, 0.2) is 5.65 Å². The minimum atomic E-state index is -2.79. The van der Waals surface area contributed by atoms with Crippen LogP contribution >= 0.6 is 0 Å². The van der Waals surface area contributed by atoms with Crippen LogP contribution in [0.25, 0.3) is 16.9 Å². The minimum absolute atomic E-state index is 0.0727. The average Bonchev–Trinajstić information content (AvgIpc) is 3.27. The number of benzene rings is 2. The number of nitrogens with one attached hydrogen (secondary N) is 1. The number of rotatable bonds is 7. The minimum Gasteiger partial charge on any atom is -0.497 e. The Bertz CT molecular complexity index is 1300. The molecule has 4 aromatic rings. The van der Waals surface area contributed by atoms with Crippen LogP contribution in [-0.2, 0) is 0 Å². The summed E-state index contributed by atoms with van der Waals surface area (Å²) in [5.41, 5.74) is 2.95. The third kappa shape index (κ3) is 4.62. The molecular formula is C26H26F2N4O2. The van der Waals surface area contributed by atoms with Crippen molar-refractivity contribution >= 4 is 11.6 Å². The van der Waals surface area contributed by atoms with E-state index in [-0.39, 0.29) is 22.9 Å². The Hall–Kier alpha value is -3.81. The van der Waals surface area contributed by atoms with Gasteiger partial charge in [0.2, 0.25) is 0 Å². The summed E-state index contributed by atoms with van der Waals surface area (Å²) in [6.45, 7) is 6.10. The van der Waals surface area contributed by atoms with Crippen molar-refractivity contribution in [2.75, 3.05) is 7.11 Å². The number of methoxy groups -OCH3 is 1. The largest absolute Gasteiger partial charge is 0.497 e. The van der Waals surface area contributed by atoms with Crippen LogP contribution in [0.15, 0.2) is 60.8 Å². The third-order valence-electron chi connectivity index (χ3n) is 5.80. The van der Waals surface area contributed by atoms with Gasteiger partial charge in [0, 0.05) is 5.56 Å². The summed E-state index contributed by atoms with van der Waals surface area (Å²) in [6, 6.07) is 15.9. The van der Waals surface area contributed by atoms with Gasteiger partial charge < -0.3 is 10.1 Å². The van der Waals surface area contributed by atoms with Crippen molar-refractivity contribution in [3.8, 4) is 17.0 Å². The first-order valence-electron chi connectivity index (χ1n) is 11.0. The lowest BCUT2D eigenvalue weighted by atomic mass is 9.99. The van der Waals surface area contributed by atoms with E-state index in [1.807, 2.05) is 31.2 Å². The molecular weight excluding hydrogens is 438 g/mol. The second kappa shape index (κ2) is 9.59. The average molecular weight is 465 g/mol. The fourth-order valence-corrected chi connectivity index (χ4v) is 3.74. The van der Waals surface area contributed by atoms with Crippen molar-refractivity contribution in [2.45, 2.75) is 39.2 Å². The number of fused-ring (bicyclic) bond motifs is 1. The molecule has 1 amide bonds. The zero-order valence-corrected chi connectivity index (χ0v) is 19.4. The maximum absolute atomic E-state index is 13.8. The van der Waals surface area contributed by atoms with Gasteiger partial charge in [-0.25, -0.2) is 18.3 Å². The van der Waals surface area contributed by atoms with Crippen molar-refractivity contribution in [3.63, 3.8) is 0 Å². The highest BCUT2D eigenvalue weighted by molar-refractivity contribution is 6.00. The summed E-state index contributed by atoms with van der Waals surface area (Å²) in [5.74, 6) is 0.613. The van der Waals surface area contributed by atoms with Crippen molar-refractivity contribution in [2.24, 2.45) is 0 Å². The first-order chi connectivity index (χ1) is 16.3. The maximum Gasteiger partial charge on any atom is 0.280 e. The number of amides is 1. The Morgan fingerprint density at radius 2 is 1.65 bits per heavy atom. The topological polar surface area (TPSA) is 68.5 Å². The highest BCUT2D eigenvalue weighted by atomic mass is 19.3. The molecule has 0 aliphatic heterocycles. The number of carbonyl (C=O) groups excluding carboxylic acids is 1. The molecule has 1 N–H and O–H groups in total. The molecule has 6 nitrogen and oxygen atoms in total. The Morgan fingerprint density at radius 3 is 2.24 bits per heavy atom. The van der Waals surface area contributed by atoms with Gasteiger partial charge >= 0.3 is 0 Å². The van der Waals surface area contributed by atoms with E-state index in [0.717, 1.165) is 10.1 Å². The van der Waals surface area contributed by atoms with Crippen LogP contribution in [-0.4, -0.2) is 27.6 Å². The number of carbonyl (C=O) groups is 1. The van der Waals surface area contributed by atoms with Gasteiger partial charge in [0.25, 0.3) is 12.3 Å². The number of nitrogens with zero attached hydrogens (tertiary/aromatic N) is 3. The van der Waals surface area contributed by atoms with E-state index in [4.69, 9.17) is 4.74 Å². The van der Waals surface area contributed by atoms with Crippen molar-refractivity contribution in [3.05, 3.63) is 83.2 Å². The normalized spacial score (nSPS) is 12.4. The number of ether oxygens (including phenoxy) is 1. The van der Waals surface area contributed by atoms with E-state index in [1.54, 1.807) is 31.4 Å². The number of hydrogen-bond donors (Lipinski definition) is 1. The quantitative estimate of drug-likeness (QED) is 0.367. The van der Waals surface area contributed by atoms with E-state index in [1.165, 1.54) is 17.8 Å². The molecule has 0 unspecified atom stereocenters. The third-order valence-corrected chi connectivity index (χ3v) is 5.80. The zero-order chi connectivity index (χ0) is 24.4. The van der Waals surface area contributed by atoms with Crippen LogP contribution in [0.4, 0.5) is 8.78 Å². The standard InChI is InChI=1S/C26H26F2N4O2/c1-15(2)17-5-7-18(8-6-17)16(3)30-26(33)21-14-29-32-23(24(27)28)13-22(31-25(21)32)19-9-11-20(34-4)12-10-19/h5-16,24H,1-4H3,(H,30,33)/t16-/m1/s1. The molecule has 2 aromatic heterocycles. The second-order valence-electron chi connectivity index (χ2n) is 8.41. The van der Waals surface area contributed by atoms with E-state index in [0.29, 0.717) is 22.9 Å². The van der Waals surface area contributed by atoms with Crippen LogP contribution in [0.2, 0.25) is 0 Å². The van der Waals surface area contributed by atoms with Crippen LogP contribution in [0.1, 0.15) is 66.3 Å². The molecule has 2 heterocycles. The van der Waals surface area contributed by atoms with Crippen molar-refractivity contribution in [1.29, 1.82) is 0 Å². The van der Waals surface area contributed by atoms with Gasteiger partial charge in [-0.1, -0.05) is 38.1 Å². The zero-order valence-electron chi connectivity index (χ0n) is 19.4. The summed E-state index contributed by atoms with van der Waals surface area (Å²) in [4.78, 5) is 17.6. The van der Waals surface area contributed by atoms with E-state index >= 15 is 0 Å². The second-order valence-corrected chi connectivity index (χ2v) is 8.41. The monoisotopic (exact) mass is 464 g/mol. The van der Waals surface area contributed by atoms with Gasteiger partial charge in [0.1, 0.15) is 17.0 Å². The molecule has 176 valence electrons. The molecule has 0 spiro atoms. The van der Waals surface area contributed by atoms with E-state index in [2.05, 4.69) is 29.2 Å². The number of hydrogen-bond acceptors (Lipinski definition) is 4. The molecule has 2 aromatic carbocycles. The van der Waals surface area contributed by atoms with Gasteiger partial charge in [-0.2, -0.15) is 5.10 Å². The summed E-state index contributed by atoms with van der Waals surface area (Å²) in [6.07, 6.45) is -1.52. The number of aromatic nitrogens is 3. The lowest BCUT2D eigenvalue weighted by Crippen LogP contribution is -2.26. The molecule has 0 aliphatic carbocycles. The van der Waals surface area contributed by atoms with E-state index < -0.39 is 12.3 Å².